The van der Waals surface area contributed by atoms with E-state index in [1.807, 2.05) is 0 Å². The number of allylic oxidation sites excluding steroid dienone is 8. The summed E-state index contributed by atoms with van der Waals surface area (Å²) >= 11 is 0. The summed E-state index contributed by atoms with van der Waals surface area (Å²) in [5, 5.41) is 23.6. The van der Waals surface area contributed by atoms with E-state index in [1.54, 1.807) is 0 Å². The van der Waals surface area contributed by atoms with Crippen LogP contribution in [0.3, 0.4) is 0 Å². The Bertz CT molecular complexity index is 941. The summed E-state index contributed by atoms with van der Waals surface area (Å²) in [6.07, 6.45) is 48.9. The number of amides is 1. The van der Waals surface area contributed by atoms with Gasteiger partial charge in [-0.3, -0.25) is 9.59 Å². The number of carbonyl (C=O) groups excluding carboxylic acids is 2. The molecule has 0 aliphatic heterocycles. The Morgan fingerprint density at radius 3 is 1.59 bits per heavy atom. The van der Waals surface area contributed by atoms with Crippen LogP contribution in [0.25, 0.3) is 0 Å². The monoisotopic (exact) mass is 758 g/mol. The lowest BCUT2D eigenvalue weighted by Gasteiger charge is -2.24. The number of carbonyl (C=O) groups is 2. The Morgan fingerprint density at radius 1 is 0.556 bits per heavy atom. The minimum absolute atomic E-state index is 0.0482. The minimum Gasteiger partial charge on any atom is -0.462 e. The molecule has 0 spiro atoms. The number of aliphatic hydroxyl groups is 2. The fraction of sp³-hybridized carbons (Fsp3) is 0.792. The lowest BCUT2D eigenvalue weighted by molar-refractivity contribution is -0.151. The van der Waals surface area contributed by atoms with Crippen LogP contribution in [0.1, 0.15) is 220 Å². The molecule has 0 aliphatic carbocycles. The highest BCUT2D eigenvalue weighted by atomic mass is 16.5. The van der Waals surface area contributed by atoms with Crippen molar-refractivity contribution in [2.24, 2.45) is 0 Å². The molecule has 3 N–H and O–H groups in total. The maximum atomic E-state index is 13.1. The first kappa shape index (κ1) is 51.8. The molecule has 0 fully saturated rings. The summed E-state index contributed by atoms with van der Waals surface area (Å²) in [4.78, 5) is 25.9. The van der Waals surface area contributed by atoms with Gasteiger partial charge in [0.25, 0.3) is 0 Å². The molecule has 3 atom stereocenters. The molecule has 0 heterocycles. The van der Waals surface area contributed by atoms with E-state index in [4.69, 9.17) is 4.74 Å². The van der Waals surface area contributed by atoms with E-state index in [9.17, 15) is 19.8 Å². The van der Waals surface area contributed by atoms with E-state index in [-0.39, 0.29) is 24.9 Å². The molecule has 6 heteroatoms. The van der Waals surface area contributed by atoms with E-state index < -0.39 is 18.2 Å². The molecule has 6 nitrogen and oxygen atoms in total. The number of hydrogen-bond acceptors (Lipinski definition) is 5. The number of aliphatic hydroxyl groups excluding tert-OH is 2. The molecule has 54 heavy (non-hydrogen) atoms. The summed E-state index contributed by atoms with van der Waals surface area (Å²) < 4.78 is 5.87. The third-order valence-electron chi connectivity index (χ3n) is 10.2. The summed E-state index contributed by atoms with van der Waals surface area (Å²) in [6, 6.07) is -0.711. The quantitative estimate of drug-likeness (QED) is 0.0250. The van der Waals surface area contributed by atoms with Gasteiger partial charge in [0.2, 0.25) is 5.91 Å². The normalized spacial score (nSPS) is 13.8. The van der Waals surface area contributed by atoms with Gasteiger partial charge in [0.05, 0.1) is 25.2 Å². The summed E-state index contributed by atoms with van der Waals surface area (Å²) in [5.41, 5.74) is 0. The van der Waals surface area contributed by atoms with Gasteiger partial charge in [-0.25, -0.2) is 0 Å². The standard InChI is InChI=1S/C48H87NO5/c1-4-7-10-13-16-19-22-24-26-29-32-35-38-41-48(53)54-44(39-36-33-30-27-25-23-20-17-14-11-8-5-2)42-47(52)49-45(43-50)46(51)40-37-34-31-28-21-18-15-12-9-6-3/h7,10,13,16,19,22,27,30,44-46,50-51H,4-6,8-9,11-12,14-15,17-18,20-21,23-26,28-29,31-43H2,1-3H3,(H,49,52)/b10-7+,16-13+,22-19-,30-27-. The Hall–Kier alpha value is -2.18. The zero-order valence-corrected chi connectivity index (χ0v) is 35.6. The first-order valence-electron chi connectivity index (χ1n) is 22.9. The van der Waals surface area contributed by atoms with Crippen molar-refractivity contribution < 1.29 is 24.5 Å². The second-order valence-corrected chi connectivity index (χ2v) is 15.5. The number of rotatable bonds is 40. The van der Waals surface area contributed by atoms with Gasteiger partial charge >= 0.3 is 5.97 Å². The number of esters is 1. The van der Waals surface area contributed by atoms with Crippen LogP contribution >= 0.6 is 0 Å². The van der Waals surface area contributed by atoms with Crippen LogP contribution in [0.5, 0.6) is 0 Å². The van der Waals surface area contributed by atoms with Gasteiger partial charge in [-0.2, -0.15) is 0 Å². The smallest absolute Gasteiger partial charge is 0.306 e. The van der Waals surface area contributed by atoms with Gasteiger partial charge in [0.15, 0.2) is 0 Å². The molecule has 0 radical (unpaired) electrons. The van der Waals surface area contributed by atoms with Crippen LogP contribution in [-0.4, -0.2) is 46.9 Å². The van der Waals surface area contributed by atoms with E-state index in [0.29, 0.717) is 19.3 Å². The van der Waals surface area contributed by atoms with Crippen LogP contribution in [0.4, 0.5) is 0 Å². The minimum atomic E-state index is -0.795. The van der Waals surface area contributed by atoms with Crippen molar-refractivity contribution >= 4 is 11.9 Å². The fourth-order valence-electron chi connectivity index (χ4n) is 6.72. The molecule has 0 bridgehead atoms. The molecular weight excluding hydrogens is 671 g/mol. The van der Waals surface area contributed by atoms with Crippen LogP contribution in [-0.2, 0) is 14.3 Å². The Morgan fingerprint density at radius 2 is 1.04 bits per heavy atom. The molecular formula is C48H87NO5. The molecule has 0 rings (SSSR count). The molecule has 0 saturated heterocycles. The second kappa shape index (κ2) is 42.0. The highest BCUT2D eigenvalue weighted by molar-refractivity contribution is 5.77. The van der Waals surface area contributed by atoms with Gasteiger partial charge in [-0.15, -0.1) is 0 Å². The van der Waals surface area contributed by atoms with E-state index >= 15 is 0 Å². The van der Waals surface area contributed by atoms with Crippen molar-refractivity contribution in [3.05, 3.63) is 48.6 Å². The van der Waals surface area contributed by atoms with E-state index in [1.165, 1.54) is 89.9 Å². The number of ether oxygens (including phenoxy) is 1. The molecule has 3 unspecified atom stereocenters. The third-order valence-corrected chi connectivity index (χ3v) is 10.2. The van der Waals surface area contributed by atoms with Crippen molar-refractivity contribution in [1.82, 2.24) is 5.32 Å². The van der Waals surface area contributed by atoms with Gasteiger partial charge < -0.3 is 20.3 Å². The van der Waals surface area contributed by atoms with Gasteiger partial charge in [-0.1, -0.05) is 191 Å². The molecule has 0 aromatic heterocycles. The SMILES string of the molecule is CC/C=C/C=C/C=C\CCCCCCCC(=O)OC(CCC/C=C\CCCCCCCCC)CC(=O)NC(CO)C(O)CCCCCCCCCCCC. The van der Waals surface area contributed by atoms with Crippen LogP contribution in [0.15, 0.2) is 48.6 Å². The van der Waals surface area contributed by atoms with Crippen molar-refractivity contribution in [3.63, 3.8) is 0 Å². The Balaban J connectivity index is 4.67. The van der Waals surface area contributed by atoms with Gasteiger partial charge in [0.1, 0.15) is 6.10 Å². The van der Waals surface area contributed by atoms with Crippen LogP contribution in [0, 0.1) is 0 Å². The lowest BCUT2D eigenvalue weighted by atomic mass is 10.0. The largest absolute Gasteiger partial charge is 0.462 e. The summed E-state index contributed by atoms with van der Waals surface area (Å²) in [5.74, 6) is -0.528. The van der Waals surface area contributed by atoms with Crippen molar-refractivity contribution in [2.75, 3.05) is 6.61 Å². The first-order valence-corrected chi connectivity index (χ1v) is 22.9. The Labute approximate surface area is 334 Å². The van der Waals surface area contributed by atoms with Crippen LogP contribution in [0.2, 0.25) is 0 Å². The summed E-state index contributed by atoms with van der Waals surface area (Å²) in [7, 11) is 0. The number of hydrogen-bond donors (Lipinski definition) is 3. The maximum absolute atomic E-state index is 13.1. The second-order valence-electron chi connectivity index (χ2n) is 15.5. The van der Waals surface area contributed by atoms with Crippen molar-refractivity contribution in [3.8, 4) is 0 Å². The fourth-order valence-corrected chi connectivity index (χ4v) is 6.72. The van der Waals surface area contributed by atoms with E-state index in [2.05, 4.69) is 74.7 Å². The zero-order chi connectivity index (χ0) is 39.6. The molecule has 1 amide bonds. The first-order chi connectivity index (χ1) is 26.5. The highest BCUT2D eigenvalue weighted by Gasteiger charge is 2.24. The predicted molar refractivity (Wildman–Crippen MR) is 232 cm³/mol. The van der Waals surface area contributed by atoms with Crippen molar-refractivity contribution in [2.45, 2.75) is 238 Å². The zero-order valence-electron chi connectivity index (χ0n) is 35.6. The number of unbranched alkanes of at least 4 members (excludes halogenated alkanes) is 22. The van der Waals surface area contributed by atoms with Crippen molar-refractivity contribution in [1.29, 1.82) is 0 Å². The molecule has 0 aliphatic rings. The van der Waals surface area contributed by atoms with Gasteiger partial charge in [0, 0.05) is 6.42 Å². The molecule has 0 aromatic rings. The van der Waals surface area contributed by atoms with E-state index in [0.717, 1.165) is 83.5 Å². The maximum Gasteiger partial charge on any atom is 0.306 e. The van der Waals surface area contributed by atoms with Gasteiger partial charge in [-0.05, 0) is 64.2 Å². The average molecular weight is 758 g/mol. The topological polar surface area (TPSA) is 95.9 Å². The average Bonchev–Trinajstić information content (AvgIpc) is 3.16. The molecule has 0 saturated carbocycles. The molecule has 0 aromatic carbocycles. The third kappa shape index (κ3) is 36.8. The molecule has 314 valence electrons. The van der Waals surface area contributed by atoms with Crippen LogP contribution < -0.4 is 5.32 Å². The Kier molecular flexibility index (Phi) is 40.3. The highest BCUT2D eigenvalue weighted by Crippen LogP contribution is 2.16. The summed E-state index contributed by atoms with van der Waals surface area (Å²) in [6.45, 7) is 6.31. The number of nitrogens with one attached hydrogen (secondary N) is 1. The lowest BCUT2D eigenvalue weighted by Crippen LogP contribution is -2.46. The predicted octanol–water partition coefficient (Wildman–Crippen LogP) is 13.1.